The summed E-state index contributed by atoms with van der Waals surface area (Å²) in [6.45, 7) is 14.7. The molecule has 0 saturated heterocycles. The molecule has 0 radical (unpaired) electrons. The Morgan fingerprint density at radius 1 is 0.783 bits per heavy atom. The molecular formula is C42H57N3O. The fourth-order valence-corrected chi connectivity index (χ4v) is 5.56. The van der Waals surface area contributed by atoms with Crippen molar-refractivity contribution in [1.29, 1.82) is 5.26 Å². The number of aromatic nitrogens is 1. The van der Waals surface area contributed by atoms with Crippen LogP contribution in [0, 0.1) is 17.2 Å². The molecule has 4 nitrogen and oxygen atoms in total. The van der Waals surface area contributed by atoms with Crippen LogP contribution in [0.3, 0.4) is 0 Å². The summed E-state index contributed by atoms with van der Waals surface area (Å²) in [6, 6.07) is 27.7. The smallest absolute Gasteiger partial charge is 0.150 e. The molecule has 0 aliphatic rings. The number of carbonyl (C=O) groups excluding carboxylic acids is 1. The number of anilines is 1. The predicted octanol–water partition coefficient (Wildman–Crippen LogP) is 12.2. The van der Waals surface area contributed by atoms with E-state index in [1.807, 2.05) is 68.4 Å². The van der Waals surface area contributed by atoms with Gasteiger partial charge in [-0.25, -0.2) is 4.98 Å². The van der Waals surface area contributed by atoms with Gasteiger partial charge in [0.05, 0.1) is 17.1 Å². The number of unbranched alkanes of at least 4 members (excludes halogenated alkanes) is 5. The van der Waals surface area contributed by atoms with E-state index in [0.717, 1.165) is 59.6 Å². The lowest BCUT2D eigenvalue weighted by molar-refractivity contribution is 0.112. The van der Waals surface area contributed by atoms with Gasteiger partial charge >= 0.3 is 0 Å². The normalized spacial score (nSPS) is 11.0. The average molecular weight is 620 g/mol. The van der Waals surface area contributed by atoms with Crippen LogP contribution in [-0.2, 0) is 6.54 Å². The van der Waals surface area contributed by atoms with Crippen molar-refractivity contribution in [3.05, 3.63) is 95.6 Å². The summed E-state index contributed by atoms with van der Waals surface area (Å²) in [7, 11) is 0. The maximum atomic E-state index is 12.0. The van der Waals surface area contributed by atoms with Gasteiger partial charge in [0.2, 0.25) is 0 Å². The number of nitriles is 1. The Labute approximate surface area is 279 Å². The van der Waals surface area contributed by atoms with Crippen LogP contribution in [0.4, 0.5) is 5.82 Å². The van der Waals surface area contributed by atoms with Crippen LogP contribution in [0.2, 0.25) is 0 Å². The summed E-state index contributed by atoms with van der Waals surface area (Å²) in [5.74, 6) is 1.79. The van der Waals surface area contributed by atoms with Crippen molar-refractivity contribution in [2.24, 2.45) is 5.92 Å². The van der Waals surface area contributed by atoms with Gasteiger partial charge in [-0.3, -0.25) is 4.79 Å². The van der Waals surface area contributed by atoms with E-state index in [1.165, 1.54) is 63.4 Å². The van der Waals surface area contributed by atoms with Crippen LogP contribution in [0.1, 0.15) is 127 Å². The fourth-order valence-electron chi connectivity index (χ4n) is 5.56. The van der Waals surface area contributed by atoms with Crippen LogP contribution in [0.15, 0.2) is 78.9 Å². The summed E-state index contributed by atoms with van der Waals surface area (Å²) in [4.78, 5) is 19.1. The monoisotopic (exact) mass is 619 g/mol. The number of hydrogen-bond acceptors (Lipinski definition) is 4. The molecule has 4 rings (SSSR count). The van der Waals surface area contributed by atoms with E-state index in [9.17, 15) is 4.79 Å². The molecule has 0 aliphatic carbocycles. The van der Waals surface area contributed by atoms with Gasteiger partial charge in [-0.15, -0.1) is 0 Å². The standard InChI is InChI=1S/C27H23N3O.C13H28.C2H6/c1-2-14-30(18-21-6-4-3-5-7-21)27-16-24(19-31)25-15-23(12-13-26(25)29-27)22-10-8-20(17-28)9-11-22;1-4-6-8-9-10-12-13(3)11-7-5-2;1-2/h3-13,15-16,19H,2,14,18H2,1H3;13H,4-12H2,1-3H3;1-2H3. The number of hydrogen-bond donors (Lipinski definition) is 0. The van der Waals surface area contributed by atoms with Crippen molar-refractivity contribution in [2.75, 3.05) is 11.4 Å². The first-order chi connectivity index (χ1) is 22.5. The van der Waals surface area contributed by atoms with Crippen molar-refractivity contribution < 1.29 is 4.79 Å². The van der Waals surface area contributed by atoms with Crippen molar-refractivity contribution in [2.45, 2.75) is 112 Å². The van der Waals surface area contributed by atoms with E-state index in [0.29, 0.717) is 11.1 Å². The van der Waals surface area contributed by atoms with Crippen molar-refractivity contribution in [3.63, 3.8) is 0 Å². The summed E-state index contributed by atoms with van der Waals surface area (Å²) in [5, 5.41) is 9.84. The number of aldehydes is 1. The summed E-state index contributed by atoms with van der Waals surface area (Å²) < 4.78 is 0. The van der Waals surface area contributed by atoms with Gasteiger partial charge in [-0.2, -0.15) is 5.26 Å². The number of fused-ring (bicyclic) bond motifs is 1. The molecule has 0 fully saturated rings. The lowest BCUT2D eigenvalue weighted by atomic mass is 9.97. The molecule has 246 valence electrons. The zero-order valence-corrected chi connectivity index (χ0v) is 29.4. The summed E-state index contributed by atoms with van der Waals surface area (Å²) in [5.41, 5.74) is 5.25. The first-order valence-corrected chi connectivity index (χ1v) is 17.7. The quantitative estimate of drug-likeness (QED) is 0.0924. The number of rotatable bonds is 16. The molecule has 3 aromatic carbocycles. The van der Waals surface area contributed by atoms with Crippen molar-refractivity contribution in [1.82, 2.24) is 4.98 Å². The minimum Gasteiger partial charge on any atom is -0.352 e. The molecule has 1 unspecified atom stereocenters. The summed E-state index contributed by atoms with van der Waals surface area (Å²) in [6.07, 6.45) is 14.8. The number of carbonyl (C=O) groups is 1. The second-order valence-corrected chi connectivity index (χ2v) is 12.0. The van der Waals surface area contributed by atoms with Gasteiger partial charge in [0.15, 0.2) is 6.29 Å². The van der Waals surface area contributed by atoms with E-state index in [4.69, 9.17) is 10.2 Å². The number of pyridine rings is 1. The second kappa shape index (κ2) is 22.5. The molecule has 1 atom stereocenters. The van der Waals surface area contributed by atoms with Crippen molar-refractivity contribution >= 4 is 23.0 Å². The molecule has 0 saturated carbocycles. The lowest BCUT2D eigenvalue weighted by Gasteiger charge is -2.24. The predicted molar refractivity (Wildman–Crippen MR) is 198 cm³/mol. The number of nitrogens with zero attached hydrogens (tertiary/aromatic N) is 3. The third-order valence-corrected chi connectivity index (χ3v) is 8.19. The first-order valence-electron chi connectivity index (χ1n) is 17.7. The van der Waals surface area contributed by atoms with E-state index < -0.39 is 0 Å². The largest absolute Gasteiger partial charge is 0.352 e. The van der Waals surface area contributed by atoms with E-state index in [-0.39, 0.29) is 0 Å². The first kappa shape index (κ1) is 38.2. The fraction of sp³-hybridized carbons (Fsp3) is 0.452. The highest BCUT2D eigenvalue weighted by atomic mass is 16.1. The molecule has 46 heavy (non-hydrogen) atoms. The molecule has 4 aromatic rings. The van der Waals surface area contributed by atoms with Gasteiger partial charge in [-0.1, -0.05) is 148 Å². The Hall–Kier alpha value is -3.97. The Morgan fingerprint density at radius 2 is 1.43 bits per heavy atom. The minimum atomic E-state index is 0.624. The van der Waals surface area contributed by atoms with Crippen molar-refractivity contribution in [3.8, 4) is 17.2 Å². The Bertz CT molecular complexity index is 1440. The molecule has 4 heteroatoms. The molecule has 0 N–H and O–H groups in total. The van der Waals surface area contributed by atoms with E-state index in [1.54, 1.807) is 12.1 Å². The number of benzene rings is 3. The second-order valence-electron chi connectivity index (χ2n) is 12.0. The zero-order chi connectivity index (χ0) is 33.6. The van der Waals surface area contributed by atoms with Gasteiger partial charge in [-0.05, 0) is 59.4 Å². The molecule has 0 aliphatic heterocycles. The Morgan fingerprint density at radius 3 is 2.07 bits per heavy atom. The molecule has 0 amide bonds. The Kier molecular flexibility index (Phi) is 18.7. The highest BCUT2D eigenvalue weighted by molar-refractivity contribution is 5.99. The summed E-state index contributed by atoms with van der Waals surface area (Å²) >= 11 is 0. The maximum Gasteiger partial charge on any atom is 0.150 e. The van der Waals surface area contributed by atoms with Gasteiger partial charge < -0.3 is 4.90 Å². The van der Waals surface area contributed by atoms with E-state index >= 15 is 0 Å². The third-order valence-electron chi connectivity index (χ3n) is 8.19. The lowest BCUT2D eigenvalue weighted by Crippen LogP contribution is -2.24. The minimum absolute atomic E-state index is 0.624. The Balaban J connectivity index is 0.000000416. The van der Waals surface area contributed by atoms with Gasteiger partial charge in [0.1, 0.15) is 5.82 Å². The highest BCUT2D eigenvalue weighted by Gasteiger charge is 2.13. The maximum absolute atomic E-state index is 12.0. The molecule has 1 heterocycles. The van der Waals surface area contributed by atoms with Crippen LogP contribution >= 0.6 is 0 Å². The van der Waals surface area contributed by atoms with Crippen LogP contribution in [-0.4, -0.2) is 17.8 Å². The topological polar surface area (TPSA) is 57.0 Å². The molecule has 0 spiro atoms. The molecular weight excluding hydrogens is 562 g/mol. The average Bonchev–Trinajstić information content (AvgIpc) is 3.11. The van der Waals surface area contributed by atoms with Gasteiger partial charge in [0.25, 0.3) is 0 Å². The molecule has 0 bridgehead atoms. The third kappa shape index (κ3) is 12.8. The molecule has 1 aromatic heterocycles. The van der Waals surface area contributed by atoms with Gasteiger partial charge in [0, 0.05) is 24.0 Å². The van der Waals surface area contributed by atoms with Crippen LogP contribution in [0.5, 0.6) is 0 Å². The highest BCUT2D eigenvalue weighted by Crippen LogP contribution is 2.29. The van der Waals surface area contributed by atoms with Crippen LogP contribution in [0.25, 0.3) is 22.0 Å². The zero-order valence-electron chi connectivity index (χ0n) is 29.4. The SMILES string of the molecule is CC.CCCCCCCC(C)CCCC.CCCN(Cc1ccccc1)c1cc(C=O)c2cc(-c3ccc(C#N)cc3)ccc2n1. The van der Waals surface area contributed by atoms with E-state index in [2.05, 4.69) is 50.8 Å². The van der Waals surface area contributed by atoms with Crippen LogP contribution < -0.4 is 4.90 Å².